The lowest BCUT2D eigenvalue weighted by Gasteiger charge is -2.33. The molecule has 0 spiro atoms. The van der Waals surface area contributed by atoms with E-state index in [0.29, 0.717) is 5.56 Å². The van der Waals surface area contributed by atoms with Gasteiger partial charge in [0.05, 0.1) is 11.5 Å². The fourth-order valence-corrected chi connectivity index (χ4v) is 4.32. The van der Waals surface area contributed by atoms with Crippen molar-refractivity contribution in [1.29, 1.82) is 0 Å². The number of carbonyl (C=O) groups excluding carboxylic acids is 2. The third-order valence-corrected chi connectivity index (χ3v) is 6.58. The average Bonchev–Trinajstić information content (AvgIpc) is 2.74. The summed E-state index contributed by atoms with van der Waals surface area (Å²) in [5.41, 5.74) is 1.49. The van der Waals surface area contributed by atoms with Crippen LogP contribution < -0.4 is 0 Å². The Labute approximate surface area is 189 Å². The molecule has 2 fully saturated rings. The van der Waals surface area contributed by atoms with E-state index in [1.165, 1.54) is 44.1 Å². The van der Waals surface area contributed by atoms with Crippen molar-refractivity contribution in [2.75, 3.05) is 0 Å². The highest BCUT2D eigenvalue weighted by Gasteiger charge is 2.32. The van der Waals surface area contributed by atoms with Crippen molar-refractivity contribution >= 4 is 11.9 Å². The smallest absolute Gasteiger partial charge is 0.338 e. The molecule has 0 atom stereocenters. The molecule has 31 heavy (non-hydrogen) atoms. The van der Waals surface area contributed by atoms with E-state index in [0.717, 1.165) is 32.1 Å². The lowest BCUT2D eigenvalue weighted by atomic mass is 9.86. The summed E-state index contributed by atoms with van der Waals surface area (Å²) in [5.74, 6) is -0.231. The zero-order chi connectivity index (χ0) is 22.9. The fraction of sp³-hybridized carbons (Fsp3) is 0.704. The van der Waals surface area contributed by atoms with Crippen LogP contribution in [-0.2, 0) is 20.7 Å². The predicted molar refractivity (Wildman–Crippen MR) is 125 cm³/mol. The van der Waals surface area contributed by atoms with E-state index in [9.17, 15) is 9.59 Å². The molecule has 0 amide bonds. The van der Waals surface area contributed by atoms with Crippen molar-refractivity contribution in [3.63, 3.8) is 0 Å². The summed E-state index contributed by atoms with van der Waals surface area (Å²) >= 11 is 0. The maximum absolute atomic E-state index is 12.1. The van der Waals surface area contributed by atoms with Crippen LogP contribution in [0.5, 0.6) is 0 Å². The first kappa shape index (κ1) is 25.4. The van der Waals surface area contributed by atoms with Crippen molar-refractivity contribution < 1.29 is 19.1 Å². The Bertz CT molecular complexity index is 692. The van der Waals surface area contributed by atoms with Gasteiger partial charge in [0.1, 0.15) is 11.2 Å². The third kappa shape index (κ3) is 8.31. The molecule has 2 saturated carbocycles. The second-order valence-corrected chi connectivity index (χ2v) is 10.0. The minimum Gasteiger partial charge on any atom is -0.459 e. The van der Waals surface area contributed by atoms with Gasteiger partial charge < -0.3 is 9.47 Å². The predicted octanol–water partition coefficient (Wildman–Crippen LogP) is 7.04. The SMILES string of the molecule is CC(C)C(=O)OC1(C)CCCCC1.CCc1ccc(C(=O)OC2(C)CCCCC2)cc1. The van der Waals surface area contributed by atoms with Crippen molar-refractivity contribution in [3.8, 4) is 0 Å². The van der Waals surface area contributed by atoms with Gasteiger partial charge >= 0.3 is 11.9 Å². The molecular weight excluding hydrogens is 388 g/mol. The lowest BCUT2D eigenvalue weighted by Crippen LogP contribution is -2.35. The minimum atomic E-state index is -0.251. The van der Waals surface area contributed by atoms with Gasteiger partial charge in [-0.2, -0.15) is 0 Å². The first-order valence-corrected chi connectivity index (χ1v) is 12.2. The molecule has 0 aromatic heterocycles. The highest BCUT2D eigenvalue weighted by molar-refractivity contribution is 5.89. The summed E-state index contributed by atoms with van der Waals surface area (Å²) in [6, 6.07) is 7.74. The average molecular weight is 431 g/mol. The Balaban J connectivity index is 0.000000233. The van der Waals surface area contributed by atoms with Gasteiger partial charge in [-0.1, -0.05) is 45.7 Å². The molecule has 0 saturated heterocycles. The Kier molecular flexibility index (Phi) is 9.58. The van der Waals surface area contributed by atoms with Gasteiger partial charge in [-0.3, -0.25) is 4.79 Å². The molecule has 0 heterocycles. The first-order valence-electron chi connectivity index (χ1n) is 12.2. The van der Waals surface area contributed by atoms with Crippen LogP contribution in [0, 0.1) is 5.92 Å². The van der Waals surface area contributed by atoms with Gasteiger partial charge in [-0.25, -0.2) is 4.79 Å². The molecule has 0 radical (unpaired) electrons. The number of rotatable bonds is 5. The molecule has 1 aromatic rings. The topological polar surface area (TPSA) is 52.6 Å². The molecule has 0 unspecified atom stereocenters. The Hall–Kier alpha value is -1.84. The summed E-state index contributed by atoms with van der Waals surface area (Å²) in [6.07, 6.45) is 12.3. The van der Waals surface area contributed by atoms with E-state index < -0.39 is 0 Å². The molecule has 1 aromatic carbocycles. The van der Waals surface area contributed by atoms with Crippen LogP contribution in [-0.4, -0.2) is 23.1 Å². The molecule has 0 aliphatic heterocycles. The van der Waals surface area contributed by atoms with E-state index >= 15 is 0 Å². The van der Waals surface area contributed by atoms with Crippen LogP contribution in [0.15, 0.2) is 24.3 Å². The van der Waals surface area contributed by atoms with Gasteiger partial charge in [0.2, 0.25) is 0 Å². The van der Waals surface area contributed by atoms with Gasteiger partial charge in [-0.05, 0) is 89.3 Å². The van der Waals surface area contributed by atoms with Gasteiger partial charge in [-0.15, -0.1) is 0 Å². The molecule has 4 nitrogen and oxygen atoms in total. The van der Waals surface area contributed by atoms with E-state index in [2.05, 4.69) is 20.8 Å². The summed E-state index contributed by atoms with van der Waals surface area (Å²) in [5, 5.41) is 0. The van der Waals surface area contributed by atoms with Gasteiger partial charge in [0, 0.05) is 0 Å². The molecule has 0 bridgehead atoms. The van der Waals surface area contributed by atoms with Crippen molar-refractivity contribution in [2.45, 2.75) is 116 Å². The number of ether oxygens (including phenoxy) is 2. The molecule has 4 heteroatoms. The van der Waals surface area contributed by atoms with Crippen LogP contribution in [0.2, 0.25) is 0 Å². The number of hydrogen-bond donors (Lipinski definition) is 0. The van der Waals surface area contributed by atoms with E-state index in [1.807, 2.05) is 38.1 Å². The molecule has 0 N–H and O–H groups in total. The molecular formula is C27H42O4. The van der Waals surface area contributed by atoms with Crippen molar-refractivity contribution in [3.05, 3.63) is 35.4 Å². The van der Waals surface area contributed by atoms with Crippen LogP contribution >= 0.6 is 0 Å². The standard InChI is InChI=1S/C16H22O2.C11H20O2/c1-3-13-7-9-14(10-8-13)15(17)18-16(2)11-5-4-6-12-16;1-9(2)10(12)13-11(3)7-5-4-6-8-11/h7-10H,3-6,11-12H2,1-2H3;9H,4-8H2,1-3H3. The molecule has 3 rings (SSSR count). The summed E-state index contributed by atoms with van der Waals surface area (Å²) in [4.78, 5) is 23.5. The van der Waals surface area contributed by atoms with Crippen LogP contribution in [0.3, 0.4) is 0 Å². The maximum Gasteiger partial charge on any atom is 0.338 e. The maximum atomic E-state index is 12.1. The molecule has 2 aliphatic rings. The summed E-state index contributed by atoms with van der Waals surface area (Å²) < 4.78 is 11.2. The van der Waals surface area contributed by atoms with E-state index in [-0.39, 0.29) is 29.1 Å². The number of carbonyl (C=O) groups is 2. The second kappa shape index (κ2) is 11.7. The Morgan fingerprint density at radius 3 is 1.68 bits per heavy atom. The fourth-order valence-electron chi connectivity index (χ4n) is 4.32. The van der Waals surface area contributed by atoms with Crippen molar-refractivity contribution in [2.24, 2.45) is 5.92 Å². The number of benzene rings is 1. The Morgan fingerprint density at radius 2 is 1.26 bits per heavy atom. The van der Waals surface area contributed by atoms with Gasteiger partial charge in [0.15, 0.2) is 0 Å². The first-order chi connectivity index (χ1) is 14.7. The highest BCUT2D eigenvalue weighted by atomic mass is 16.6. The zero-order valence-corrected chi connectivity index (χ0v) is 20.3. The largest absolute Gasteiger partial charge is 0.459 e. The van der Waals surface area contributed by atoms with Crippen LogP contribution in [0.25, 0.3) is 0 Å². The van der Waals surface area contributed by atoms with E-state index in [4.69, 9.17) is 9.47 Å². The van der Waals surface area contributed by atoms with Gasteiger partial charge in [0.25, 0.3) is 0 Å². The number of aryl methyl sites for hydroxylation is 1. The van der Waals surface area contributed by atoms with E-state index in [1.54, 1.807) is 0 Å². The second-order valence-electron chi connectivity index (χ2n) is 10.0. The number of hydrogen-bond acceptors (Lipinski definition) is 4. The lowest BCUT2D eigenvalue weighted by molar-refractivity contribution is -0.165. The van der Waals surface area contributed by atoms with Crippen molar-refractivity contribution in [1.82, 2.24) is 0 Å². The van der Waals surface area contributed by atoms with Crippen LogP contribution in [0.4, 0.5) is 0 Å². The number of esters is 2. The third-order valence-electron chi connectivity index (χ3n) is 6.58. The normalized spacial score (nSPS) is 19.7. The molecule has 2 aliphatic carbocycles. The minimum absolute atomic E-state index is 0.00116. The zero-order valence-electron chi connectivity index (χ0n) is 20.3. The Morgan fingerprint density at radius 1 is 0.806 bits per heavy atom. The quantitative estimate of drug-likeness (QED) is 0.470. The summed E-state index contributed by atoms with van der Waals surface area (Å²) in [6.45, 7) is 10.00. The van der Waals surface area contributed by atoms with Crippen LogP contribution in [0.1, 0.15) is 115 Å². The monoisotopic (exact) mass is 430 g/mol. The molecule has 174 valence electrons. The summed E-state index contributed by atoms with van der Waals surface area (Å²) in [7, 11) is 0. The highest BCUT2D eigenvalue weighted by Crippen LogP contribution is 2.32.